The van der Waals surface area contributed by atoms with E-state index < -0.39 is 0 Å². The molecule has 2 N–H and O–H groups in total. The van der Waals surface area contributed by atoms with Crippen molar-refractivity contribution in [3.8, 4) is 0 Å². The highest BCUT2D eigenvalue weighted by Gasteiger charge is 1.91. The molecule has 1 heterocycles. The van der Waals surface area contributed by atoms with Crippen LogP contribution in [0.1, 0.15) is 11.1 Å². The molecular formula is C9H10N2. The fourth-order valence-corrected chi connectivity index (χ4v) is 0.846. The predicted octanol–water partition coefficient (Wildman–Crippen LogP) is 1.65. The zero-order chi connectivity index (χ0) is 8.10. The van der Waals surface area contributed by atoms with Crippen molar-refractivity contribution in [1.82, 2.24) is 4.98 Å². The Hall–Kier alpha value is -1.57. The molecule has 0 aliphatic rings. The number of aromatic nitrogens is 1. The van der Waals surface area contributed by atoms with Crippen LogP contribution in [-0.2, 0) is 0 Å². The van der Waals surface area contributed by atoms with Gasteiger partial charge in [0, 0.05) is 18.0 Å². The summed E-state index contributed by atoms with van der Waals surface area (Å²) in [5.41, 5.74) is 7.28. The molecule has 0 atom stereocenters. The normalized spacial score (nSPS) is 10.2. The molecule has 0 aromatic carbocycles. The van der Waals surface area contributed by atoms with E-state index in [0.717, 1.165) is 11.1 Å². The van der Waals surface area contributed by atoms with Crippen molar-refractivity contribution in [3.05, 3.63) is 42.4 Å². The van der Waals surface area contributed by atoms with Crippen LogP contribution in [0.4, 0.5) is 0 Å². The first kappa shape index (κ1) is 7.54. The van der Waals surface area contributed by atoms with Gasteiger partial charge in [-0.25, -0.2) is 0 Å². The van der Waals surface area contributed by atoms with Crippen LogP contribution < -0.4 is 5.73 Å². The van der Waals surface area contributed by atoms with E-state index in [1.807, 2.05) is 6.07 Å². The van der Waals surface area contributed by atoms with Gasteiger partial charge in [0.2, 0.25) is 0 Å². The molecule has 1 aromatic heterocycles. The molecule has 0 bridgehead atoms. The van der Waals surface area contributed by atoms with Gasteiger partial charge in [-0.15, -0.1) is 0 Å². The molecule has 0 saturated heterocycles. The SMILES string of the molecule is C=Cc1ccncc1/C=C\N. The average Bonchev–Trinajstić information content (AvgIpc) is 2.06. The Kier molecular flexibility index (Phi) is 2.44. The minimum Gasteiger partial charge on any atom is -0.405 e. The lowest BCUT2D eigenvalue weighted by atomic mass is 10.1. The maximum Gasteiger partial charge on any atom is 0.0346 e. The van der Waals surface area contributed by atoms with Gasteiger partial charge in [0.25, 0.3) is 0 Å². The van der Waals surface area contributed by atoms with Crippen molar-refractivity contribution < 1.29 is 0 Å². The van der Waals surface area contributed by atoms with Crippen LogP contribution >= 0.6 is 0 Å². The Labute approximate surface area is 66.1 Å². The van der Waals surface area contributed by atoms with Gasteiger partial charge >= 0.3 is 0 Å². The zero-order valence-electron chi connectivity index (χ0n) is 6.20. The number of rotatable bonds is 2. The summed E-state index contributed by atoms with van der Waals surface area (Å²) >= 11 is 0. The molecule has 0 aliphatic heterocycles. The maximum atomic E-state index is 5.24. The third-order valence-electron chi connectivity index (χ3n) is 1.38. The Bertz CT molecular complexity index is 277. The summed E-state index contributed by atoms with van der Waals surface area (Å²) in [5.74, 6) is 0. The molecule has 0 spiro atoms. The van der Waals surface area contributed by atoms with Crippen LogP contribution in [0.15, 0.2) is 31.2 Å². The van der Waals surface area contributed by atoms with E-state index in [2.05, 4.69) is 11.6 Å². The van der Waals surface area contributed by atoms with Gasteiger partial charge in [-0.1, -0.05) is 12.7 Å². The van der Waals surface area contributed by atoms with Crippen molar-refractivity contribution in [1.29, 1.82) is 0 Å². The highest BCUT2D eigenvalue weighted by Crippen LogP contribution is 2.08. The van der Waals surface area contributed by atoms with Crippen LogP contribution in [-0.4, -0.2) is 4.98 Å². The summed E-state index contributed by atoms with van der Waals surface area (Å²) in [4.78, 5) is 3.96. The van der Waals surface area contributed by atoms with Crippen LogP contribution in [0.5, 0.6) is 0 Å². The highest BCUT2D eigenvalue weighted by molar-refractivity contribution is 5.62. The number of hydrogen-bond acceptors (Lipinski definition) is 2. The molecule has 0 aliphatic carbocycles. The van der Waals surface area contributed by atoms with E-state index in [4.69, 9.17) is 5.73 Å². The molecule has 0 fully saturated rings. The number of nitrogens with zero attached hydrogens (tertiary/aromatic N) is 1. The van der Waals surface area contributed by atoms with Crippen molar-refractivity contribution in [2.45, 2.75) is 0 Å². The highest BCUT2D eigenvalue weighted by atomic mass is 14.6. The van der Waals surface area contributed by atoms with Gasteiger partial charge in [0.1, 0.15) is 0 Å². The second-order valence-corrected chi connectivity index (χ2v) is 2.07. The first-order valence-electron chi connectivity index (χ1n) is 3.33. The lowest BCUT2D eigenvalue weighted by Gasteiger charge is -1.96. The van der Waals surface area contributed by atoms with Gasteiger partial charge < -0.3 is 5.73 Å². The van der Waals surface area contributed by atoms with Crippen molar-refractivity contribution >= 4 is 12.2 Å². The molecule has 56 valence electrons. The molecule has 1 rings (SSSR count). The summed E-state index contributed by atoms with van der Waals surface area (Å²) < 4.78 is 0. The third kappa shape index (κ3) is 1.67. The minimum atomic E-state index is 0.991. The van der Waals surface area contributed by atoms with Gasteiger partial charge in [-0.2, -0.15) is 0 Å². The van der Waals surface area contributed by atoms with Crippen molar-refractivity contribution in [3.63, 3.8) is 0 Å². The fraction of sp³-hybridized carbons (Fsp3) is 0. The van der Waals surface area contributed by atoms with Crippen molar-refractivity contribution in [2.75, 3.05) is 0 Å². The Morgan fingerprint density at radius 2 is 2.27 bits per heavy atom. The summed E-state index contributed by atoms with van der Waals surface area (Å²) in [6.07, 6.45) is 8.54. The van der Waals surface area contributed by atoms with E-state index in [1.165, 1.54) is 6.20 Å². The lowest BCUT2D eigenvalue weighted by molar-refractivity contribution is 1.31. The molecule has 0 amide bonds. The Morgan fingerprint density at radius 3 is 2.91 bits per heavy atom. The molecule has 11 heavy (non-hydrogen) atoms. The molecule has 2 heteroatoms. The van der Waals surface area contributed by atoms with E-state index in [9.17, 15) is 0 Å². The fourth-order valence-electron chi connectivity index (χ4n) is 0.846. The molecule has 0 radical (unpaired) electrons. The van der Waals surface area contributed by atoms with Gasteiger partial charge in [0.05, 0.1) is 0 Å². The third-order valence-corrected chi connectivity index (χ3v) is 1.38. The first-order valence-corrected chi connectivity index (χ1v) is 3.33. The van der Waals surface area contributed by atoms with Crippen LogP contribution in [0.2, 0.25) is 0 Å². The van der Waals surface area contributed by atoms with Crippen molar-refractivity contribution in [2.24, 2.45) is 5.73 Å². The van der Waals surface area contributed by atoms with Gasteiger partial charge in [0.15, 0.2) is 0 Å². The Balaban J connectivity index is 3.11. The molecular weight excluding hydrogens is 136 g/mol. The quantitative estimate of drug-likeness (QED) is 0.689. The van der Waals surface area contributed by atoms with Crippen LogP contribution in [0.3, 0.4) is 0 Å². The number of nitrogens with two attached hydrogens (primary N) is 1. The summed E-state index contributed by atoms with van der Waals surface area (Å²) in [5, 5.41) is 0. The van der Waals surface area contributed by atoms with E-state index >= 15 is 0 Å². The van der Waals surface area contributed by atoms with Crippen LogP contribution in [0.25, 0.3) is 12.2 Å². The second-order valence-electron chi connectivity index (χ2n) is 2.07. The summed E-state index contributed by atoms with van der Waals surface area (Å²) in [6, 6.07) is 1.89. The lowest BCUT2D eigenvalue weighted by Crippen LogP contribution is -1.83. The number of pyridine rings is 1. The Morgan fingerprint density at radius 1 is 1.45 bits per heavy atom. The summed E-state index contributed by atoms with van der Waals surface area (Å²) in [7, 11) is 0. The van der Waals surface area contributed by atoms with E-state index in [0.29, 0.717) is 0 Å². The smallest absolute Gasteiger partial charge is 0.0346 e. The molecule has 2 nitrogen and oxygen atoms in total. The standard InChI is InChI=1S/C9H10N2/c1-2-8-4-6-11-7-9(8)3-5-10/h2-7H,1,10H2/b5-3-. The molecule has 1 aromatic rings. The largest absolute Gasteiger partial charge is 0.405 e. The predicted molar refractivity (Wildman–Crippen MR) is 47.5 cm³/mol. The number of hydrogen-bond donors (Lipinski definition) is 1. The topological polar surface area (TPSA) is 38.9 Å². The van der Waals surface area contributed by atoms with Gasteiger partial charge in [-0.05, 0) is 23.9 Å². The second kappa shape index (κ2) is 3.56. The monoisotopic (exact) mass is 146 g/mol. The minimum absolute atomic E-state index is 0.991. The maximum absolute atomic E-state index is 5.24. The van der Waals surface area contributed by atoms with E-state index in [-0.39, 0.29) is 0 Å². The first-order chi connectivity index (χ1) is 5.38. The van der Waals surface area contributed by atoms with Gasteiger partial charge in [-0.3, -0.25) is 4.98 Å². The van der Waals surface area contributed by atoms with E-state index in [1.54, 1.807) is 24.5 Å². The zero-order valence-corrected chi connectivity index (χ0v) is 6.20. The van der Waals surface area contributed by atoms with Crippen LogP contribution in [0, 0.1) is 0 Å². The summed E-state index contributed by atoms with van der Waals surface area (Å²) in [6.45, 7) is 3.67. The molecule has 0 unspecified atom stereocenters. The average molecular weight is 146 g/mol. The molecule has 0 saturated carbocycles.